The van der Waals surface area contributed by atoms with Crippen LogP contribution in [0, 0.1) is 5.92 Å². The molecule has 1 heterocycles. The van der Waals surface area contributed by atoms with E-state index < -0.39 is 0 Å². The Kier molecular flexibility index (Phi) is 6.57. The molecule has 1 aliphatic carbocycles. The molecule has 2 rings (SSSR count). The fraction of sp³-hybridized carbons (Fsp3) is 1.00. The van der Waals surface area contributed by atoms with Crippen LogP contribution in [0.25, 0.3) is 0 Å². The van der Waals surface area contributed by atoms with Crippen molar-refractivity contribution in [2.45, 2.75) is 50.7 Å². The van der Waals surface area contributed by atoms with Gasteiger partial charge in [-0.1, -0.05) is 12.8 Å². The highest BCUT2D eigenvalue weighted by Crippen LogP contribution is 2.20. The summed E-state index contributed by atoms with van der Waals surface area (Å²) in [7, 11) is 2.19. The molecule has 19 heavy (non-hydrogen) atoms. The minimum absolute atomic E-state index is 0.355. The molecule has 1 saturated heterocycles. The molecule has 2 fully saturated rings. The summed E-state index contributed by atoms with van der Waals surface area (Å²) in [5.74, 6) is 0.777. The van der Waals surface area contributed by atoms with E-state index in [2.05, 4.69) is 17.3 Å². The van der Waals surface area contributed by atoms with Crippen LogP contribution in [0.5, 0.6) is 0 Å². The van der Waals surface area contributed by atoms with Gasteiger partial charge in [0.2, 0.25) is 0 Å². The fourth-order valence-corrected chi connectivity index (χ4v) is 3.08. The van der Waals surface area contributed by atoms with Crippen molar-refractivity contribution in [2.24, 2.45) is 5.92 Å². The van der Waals surface area contributed by atoms with Crippen molar-refractivity contribution in [2.75, 3.05) is 39.8 Å². The van der Waals surface area contributed by atoms with Gasteiger partial charge in [0.25, 0.3) is 0 Å². The predicted molar refractivity (Wildman–Crippen MR) is 77.3 cm³/mol. The van der Waals surface area contributed by atoms with Crippen molar-refractivity contribution in [1.29, 1.82) is 0 Å². The smallest absolute Gasteiger partial charge is 0.0897 e. The predicted octanol–water partition coefficient (Wildman–Crippen LogP) is 1.24. The van der Waals surface area contributed by atoms with E-state index in [0.717, 1.165) is 12.5 Å². The number of nitrogens with zero attached hydrogens (tertiary/aromatic N) is 1. The minimum atomic E-state index is -0.355. The van der Waals surface area contributed by atoms with E-state index in [9.17, 15) is 5.11 Å². The summed E-state index contributed by atoms with van der Waals surface area (Å²) in [6, 6.07) is 0. The quantitative estimate of drug-likeness (QED) is 0.730. The zero-order valence-electron chi connectivity index (χ0n) is 12.3. The lowest BCUT2D eigenvalue weighted by molar-refractivity contribution is -0.00579. The summed E-state index contributed by atoms with van der Waals surface area (Å²) in [6.07, 6.45) is 7.53. The molecule has 1 aliphatic heterocycles. The van der Waals surface area contributed by atoms with Gasteiger partial charge in [0.15, 0.2) is 0 Å². The third-order valence-electron chi connectivity index (χ3n) is 4.48. The van der Waals surface area contributed by atoms with E-state index >= 15 is 0 Å². The molecule has 0 aromatic rings. The normalized spacial score (nSPS) is 24.9. The van der Waals surface area contributed by atoms with Crippen molar-refractivity contribution in [3.05, 3.63) is 0 Å². The Morgan fingerprint density at radius 1 is 1.21 bits per heavy atom. The first-order valence-corrected chi connectivity index (χ1v) is 7.93. The van der Waals surface area contributed by atoms with Gasteiger partial charge in [-0.3, -0.25) is 0 Å². The first-order chi connectivity index (χ1) is 9.24. The maximum atomic E-state index is 9.89. The Bertz CT molecular complexity index is 236. The van der Waals surface area contributed by atoms with E-state index in [-0.39, 0.29) is 6.10 Å². The van der Waals surface area contributed by atoms with E-state index in [1.807, 2.05) is 0 Å². The van der Waals surface area contributed by atoms with Gasteiger partial charge in [0.05, 0.1) is 18.8 Å². The SMILES string of the molecule is CN1CCC(CNCC(O)COC2CCCC2)CC1. The third kappa shape index (κ3) is 5.78. The largest absolute Gasteiger partial charge is 0.389 e. The van der Waals surface area contributed by atoms with Gasteiger partial charge in [-0.05, 0) is 58.3 Å². The summed E-state index contributed by atoms with van der Waals surface area (Å²) >= 11 is 0. The first kappa shape index (κ1) is 15.2. The van der Waals surface area contributed by atoms with Crippen LogP contribution in [0.2, 0.25) is 0 Å². The molecule has 0 aromatic heterocycles. The second-order valence-electron chi connectivity index (χ2n) is 6.30. The van der Waals surface area contributed by atoms with E-state index in [0.29, 0.717) is 19.3 Å². The van der Waals surface area contributed by atoms with E-state index in [1.165, 1.54) is 51.6 Å². The summed E-state index contributed by atoms with van der Waals surface area (Å²) in [5.41, 5.74) is 0. The van der Waals surface area contributed by atoms with Crippen molar-refractivity contribution in [1.82, 2.24) is 10.2 Å². The number of aliphatic hydroxyl groups is 1. The first-order valence-electron chi connectivity index (χ1n) is 7.93. The maximum Gasteiger partial charge on any atom is 0.0897 e. The number of hydrogen-bond acceptors (Lipinski definition) is 4. The van der Waals surface area contributed by atoms with Crippen LogP contribution in [-0.2, 0) is 4.74 Å². The lowest BCUT2D eigenvalue weighted by atomic mass is 9.97. The van der Waals surface area contributed by atoms with Crippen LogP contribution in [0.1, 0.15) is 38.5 Å². The molecule has 0 aromatic carbocycles. The molecule has 0 amide bonds. The molecule has 4 nitrogen and oxygen atoms in total. The van der Waals surface area contributed by atoms with Crippen molar-refractivity contribution < 1.29 is 9.84 Å². The van der Waals surface area contributed by atoms with Crippen molar-refractivity contribution >= 4 is 0 Å². The number of piperidine rings is 1. The standard InChI is InChI=1S/C15H30N2O2/c1-17-8-6-13(7-9-17)10-16-11-14(18)12-19-15-4-2-3-5-15/h13-16,18H,2-12H2,1H3. The molecule has 0 spiro atoms. The number of ether oxygens (including phenoxy) is 1. The summed E-state index contributed by atoms with van der Waals surface area (Å²) in [5, 5.41) is 13.3. The summed E-state index contributed by atoms with van der Waals surface area (Å²) in [4.78, 5) is 2.39. The summed E-state index contributed by atoms with van der Waals surface area (Å²) < 4.78 is 5.72. The fourth-order valence-electron chi connectivity index (χ4n) is 3.08. The van der Waals surface area contributed by atoms with Crippen LogP contribution < -0.4 is 5.32 Å². The highest BCUT2D eigenvalue weighted by Gasteiger charge is 2.18. The lowest BCUT2D eigenvalue weighted by Gasteiger charge is -2.29. The Morgan fingerprint density at radius 3 is 2.58 bits per heavy atom. The van der Waals surface area contributed by atoms with E-state index in [1.54, 1.807) is 0 Å². The van der Waals surface area contributed by atoms with Crippen molar-refractivity contribution in [3.8, 4) is 0 Å². The highest BCUT2D eigenvalue weighted by atomic mass is 16.5. The monoisotopic (exact) mass is 270 g/mol. The van der Waals surface area contributed by atoms with Gasteiger partial charge in [0, 0.05) is 6.54 Å². The molecular formula is C15H30N2O2. The molecule has 2 aliphatic rings. The Hall–Kier alpha value is -0.160. The summed E-state index contributed by atoms with van der Waals surface area (Å²) in [6.45, 7) is 4.61. The molecular weight excluding hydrogens is 240 g/mol. The number of hydrogen-bond donors (Lipinski definition) is 2. The number of likely N-dealkylation sites (tertiary alicyclic amines) is 1. The highest BCUT2D eigenvalue weighted by molar-refractivity contribution is 4.73. The molecule has 112 valence electrons. The second-order valence-corrected chi connectivity index (χ2v) is 6.30. The van der Waals surface area contributed by atoms with Gasteiger partial charge in [-0.15, -0.1) is 0 Å². The molecule has 1 saturated carbocycles. The minimum Gasteiger partial charge on any atom is -0.389 e. The average Bonchev–Trinajstić information content (AvgIpc) is 2.92. The molecule has 4 heteroatoms. The second kappa shape index (κ2) is 8.20. The number of nitrogens with one attached hydrogen (secondary N) is 1. The Morgan fingerprint density at radius 2 is 1.89 bits per heavy atom. The zero-order valence-corrected chi connectivity index (χ0v) is 12.3. The molecule has 1 atom stereocenters. The molecule has 1 unspecified atom stereocenters. The van der Waals surface area contributed by atoms with Gasteiger partial charge in [-0.2, -0.15) is 0 Å². The van der Waals surface area contributed by atoms with E-state index in [4.69, 9.17) is 4.74 Å². The van der Waals surface area contributed by atoms with Gasteiger partial charge in [-0.25, -0.2) is 0 Å². The Labute approximate surface area is 117 Å². The maximum absolute atomic E-state index is 9.89. The van der Waals surface area contributed by atoms with Crippen LogP contribution in [0.15, 0.2) is 0 Å². The van der Waals surface area contributed by atoms with Gasteiger partial charge < -0.3 is 20.1 Å². The molecule has 0 bridgehead atoms. The topological polar surface area (TPSA) is 44.7 Å². The lowest BCUT2D eigenvalue weighted by Crippen LogP contribution is -2.38. The number of aliphatic hydroxyl groups excluding tert-OH is 1. The van der Waals surface area contributed by atoms with Crippen LogP contribution in [-0.4, -0.2) is 62.0 Å². The number of rotatable bonds is 7. The average molecular weight is 270 g/mol. The van der Waals surface area contributed by atoms with Crippen molar-refractivity contribution in [3.63, 3.8) is 0 Å². The molecule has 2 N–H and O–H groups in total. The van der Waals surface area contributed by atoms with Crippen LogP contribution in [0.3, 0.4) is 0 Å². The Balaban J connectivity index is 1.47. The zero-order chi connectivity index (χ0) is 13.5. The molecule has 0 radical (unpaired) electrons. The third-order valence-corrected chi connectivity index (χ3v) is 4.48. The van der Waals surface area contributed by atoms with Gasteiger partial charge >= 0.3 is 0 Å². The van der Waals surface area contributed by atoms with Gasteiger partial charge in [0.1, 0.15) is 0 Å². The van der Waals surface area contributed by atoms with Crippen LogP contribution in [0.4, 0.5) is 0 Å². The van der Waals surface area contributed by atoms with Crippen LogP contribution >= 0.6 is 0 Å².